The molecule has 0 spiro atoms. The first-order chi connectivity index (χ1) is 6.74. The SMILES string of the molecule is Cc1ccc(CNC2(CO)CC2)cc1. The van der Waals surface area contributed by atoms with E-state index in [9.17, 15) is 0 Å². The van der Waals surface area contributed by atoms with Crippen molar-refractivity contribution in [2.75, 3.05) is 6.61 Å². The molecule has 0 heterocycles. The summed E-state index contributed by atoms with van der Waals surface area (Å²) in [6.07, 6.45) is 2.21. The van der Waals surface area contributed by atoms with Crippen molar-refractivity contribution in [2.24, 2.45) is 0 Å². The lowest BCUT2D eigenvalue weighted by atomic mass is 10.1. The highest BCUT2D eigenvalue weighted by molar-refractivity contribution is 5.21. The Labute approximate surface area is 85.0 Å². The second kappa shape index (κ2) is 3.71. The van der Waals surface area contributed by atoms with E-state index in [1.165, 1.54) is 11.1 Å². The molecular weight excluding hydrogens is 174 g/mol. The van der Waals surface area contributed by atoms with Gasteiger partial charge >= 0.3 is 0 Å². The molecule has 0 aliphatic heterocycles. The van der Waals surface area contributed by atoms with Crippen molar-refractivity contribution in [3.05, 3.63) is 35.4 Å². The number of benzene rings is 1. The smallest absolute Gasteiger partial charge is 0.0613 e. The first-order valence-corrected chi connectivity index (χ1v) is 5.16. The largest absolute Gasteiger partial charge is 0.394 e. The van der Waals surface area contributed by atoms with E-state index in [1.807, 2.05) is 0 Å². The van der Waals surface area contributed by atoms with Crippen LogP contribution < -0.4 is 5.32 Å². The van der Waals surface area contributed by atoms with E-state index in [0.29, 0.717) is 0 Å². The van der Waals surface area contributed by atoms with Crippen LogP contribution in [0.15, 0.2) is 24.3 Å². The van der Waals surface area contributed by atoms with Gasteiger partial charge in [-0.3, -0.25) is 0 Å². The molecule has 2 heteroatoms. The summed E-state index contributed by atoms with van der Waals surface area (Å²) in [6, 6.07) is 8.51. The zero-order valence-electron chi connectivity index (χ0n) is 8.59. The summed E-state index contributed by atoms with van der Waals surface area (Å²) in [7, 11) is 0. The number of rotatable bonds is 4. The van der Waals surface area contributed by atoms with Crippen LogP contribution in [0.3, 0.4) is 0 Å². The van der Waals surface area contributed by atoms with Gasteiger partial charge in [-0.2, -0.15) is 0 Å². The Hall–Kier alpha value is -0.860. The summed E-state index contributed by atoms with van der Waals surface area (Å²) >= 11 is 0. The van der Waals surface area contributed by atoms with E-state index in [2.05, 4.69) is 36.5 Å². The van der Waals surface area contributed by atoms with Gasteiger partial charge in [-0.1, -0.05) is 29.8 Å². The van der Waals surface area contributed by atoms with Crippen LogP contribution in [0.5, 0.6) is 0 Å². The third-order valence-electron chi connectivity index (χ3n) is 2.94. The summed E-state index contributed by atoms with van der Waals surface area (Å²) in [6.45, 7) is 3.22. The third kappa shape index (κ3) is 2.14. The minimum absolute atomic E-state index is 0.0465. The van der Waals surface area contributed by atoms with Crippen LogP contribution in [-0.2, 0) is 6.54 Å². The van der Waals surface area contributed by atoms with Crippen molar-refractivity contribution >= 4 is 0 Å². The van der Waals surface area contributed by atoms with Crippen LogP contribution >= 0.6 is 0 Å². The van der Waals surface area contributed by atoms with Crippen LogP contribution in [0, 0.1) is 6.92 Å². The highest BCUT2D eigenvalue weighted by Gasteiger charge is 2.41. The maximum atomic E-state index is 9.12. The van der Waals surface area contributed by atoms with Gasteiger partial charge in [-0.05, 0) is 25.3 Å². The zero-order chi connectivity index (χ0) is 10.0. The van der Waals surface area contributed by atoms with Gasteiger partial charge in [-0.15, -0.1) is 0 Å². The van der Waals surface area contributed by atoms with Crippen LogP contribution in [0.1, 0.15) is 24.0 Å². The number of hydrogen-bond acceptors (Lipinski definition) is 2. The first-order valence-electron chi connectivity index (χ1n) is 5.16. The molecule has 1 saturated carbocycles. The maximum absolute atomic E-state index is 9.12. The van der Waals surface area contributed by atoms with E-state index in [4.69, 9.17) is 5.11 Å². The summed E-state index contributed by atoms with van der Waals surface area (Å²) in [5, 5.41) is 12.5. The monoisotopic (exact) mass is 191 g/mol. The third-order valence-corrected chi connectivity index (χ3v) is 2.94. The number of aliphatic hydroxyl groups is 1. The van der Waals surface area contributed by atoms with E-state index < -0.39 is 0 Å². The second-order valence-electron chi connectivity index (χ2n) is 4.28. The average molecular weight is 191 g/mol. The Bertz CT molecular complexity index is 301. The van der Waals surface area contributed by atoms with Crippen molar-refractivity contribution in [3.8, 4) is 0 Å². The number of aryl methyl sites for hydroxylation is 1. The fourth-order valence-electron chi connectivity index (χ4n) is 1.54. The molecule has 0 atom stereocenters. The van der Waals surface area contributed by atoms with Crippen molar-refractivity contribution in [2.45, 2.75) is 31.8 Å². The molecule has 0 saturated heterocycles. The fraction of sp³-hybridized carbons (Fsp3) is 0.500. The molecule has 0 aromatic heterocycles. The van der Waals surface area contributed by atoms with E-state index in [1.54, 1.807) is 0 Å². The summed E-state index contributed by atoms with van der Waals surface area (Å²) in [5.74, 6) is 0. The molecule has 1 aliphatic carbocycles. The Morgan fingerprint density at radius 2 is 1.93 bits per heavy atom. The van der Waals surface area contributed by atoms with Crippen LogP contribution in [0.25, 0.3) is 0 Å². The molecule has 2 nitrogen and oxygen atoms in total. The van der Waals surface area contributed by atoms with Gasteiger partial charge in [0.05, 0.1) is 6.61 Å². The van der Waals surface area contributed by atoms with Crippen LogP contribution in [-0.4, -0.2) is 17.3 Å². The summed E-state index contributed by atoms with van der Waals surface area (Å²) < 4.78 is 0. The molecule has 1 aromatic carbocycles. The molecule has 0 bridgehead atoms. The number of hydrogen-bond donors (Lipinski definition) is 2. The fourth-order valence-corrected chi connectivity index (χ4v) is 1.54. The highest BCUT2D eigenvalue weighted by Crippen LogP contribution is 2.34. The topological polar surface area (TPSA) is 32.3 Å². The summed E-state index contributed by atoms with van der Waals surface area (Å²) in [4.78, 5) is 0. The van der Waals surface area contributed by atoms with Crippen molar-refractivity contribution in [1.29, 1.82) is 0 Å². The molecule has 1 aliphatic rings. The molecule has 1 aromatic rings. The first kappa shape index (κ1) is 9.69. The lowest BCUT2D eigenvalue weighted by Gasteiger charge is -2.13. The molecule has 1 fully saturated rings. The van der Waals surface area contributed by atoms with Crippen molar-refractivity contribution < 1.29 is 5.11 Å². The molecule has 0 radical (unpaired) electrons. The number of nitrogens with one attached hydrogen (secondary N) is 1. The normalized spacial score (nSPS) is 18.1. The van der Waals surface area contributed by atoms with Gasteiger partial charge in [0.25, 0.3) is 0 Å². The average Bonchev–Trinajstić information content (AvgIpc) is 2.98. The van der Waals surface area contributed by atoms with Gasteiger partial charge in [0, 0.05) is 12.1 Å². The lowest BCUT2D eigenvalue weighted by Crippen LogP contribution is -2.34. The predicted octanol–water partition coefficient (Wildman–Crippen LogP) is 1.61. The minimum atomic E-state index is 0.0465. The predicted molar refractivity (Wildman–Crippen MR) is 57.1 cm³/mol. The van der Waals surface area contributed by atoms with Gasteiger partial charge < -0.3 is 10.4 Å². The van der Waals surface area contributed by atoms with E-state index in [-0.39, 0.29) is 12.1 Å². The standard InChI is InChI=1S/C12H17NO/c1-10-2-4-11(5-3-10)8-13-12(9-14)6-7-12/h2-5,13-14H,6-9H2,1H3. The van der Waals surface area contributed by atoms with Gasteiger partial charge in [-0.25, -0.2) is 0 Å². The molecule has 2 rings (SSSR count). The molecule has 0 unspecified atom stereocenters. The Balaban J connectivity index is 1.89. The lowest BCUT2D eigenvalue weighted by molar-refractivity contribution is 0.229. The Morgan fingerprint density at radius 3 is 2.43 bits per heavy atom. The van der Waals surface area contributed by atoms with Crippen molar-refractivity contribution in [3.63, 3.8) is 0 Å². The Morgan fingerprint density at radius 1 is 1.29 bits per heavy atom. The number of aliphatic hydroxyl groups excluding tert-OH is 1. The van der Waals surface area contributed by atoms with Crippen LogP contribution in [0.4, 0.5) is 0 Å². The quantitative estimate of drug-likeness (QED) is 0.758. The van der Waals surface area contributed by atoms with E-state index >= 15 is 0 Å². The van der Waals surface area contributed by atoms with E-state index in [0.717, 1.165) is 19.4 Å². The van der Waals surface area contributed by atoms with Gasteiger partial charge in [0.2, 0.25) is 0 Å². The van der Waals surface area contributed by atoms with Crippen molar-refractivity contribution in [1.82, 2.24) is 5.32 Å². The van der Waals surface area contributed by atoms with Gasteiger partial charge in [0.1, 0.15) is 0 Å². The summed E-state index contributed by atoms with van der Waals surface area (Å²) in [5.41, 5.74) is 2.62. The molecule has 2 N–H and O–H groups in total. The van der Waals surface area contributed by atoms with Crippen LogP contribution in [0.2, 0.25) is 0 Å². The zero-order valence-corrected chi connectivity index (χ0v) is 8.59. The molecule has 14 heavy (non-hydrogen) atoms. The maximum Gasteiger partial charge on any atom is 0.0613 e. The molecule has 0 amide bonds. The molecular formula is C12H17NO. The second-order valence-corrected chi connectivity index (χ2v) is 4.28. The minimum Gasteiger partial charge on any atom is -0.394 e. The molecule has 76 valence electrons. The Kier molecular flexibility index (Phi) is 2.57. The highest BCUT2D eigenvalue weighted by atomic mass is 16.3. The van der Waals surface area contributed by atoms with Gasteiger partial charge in [0.15, 0.2) is 0 Å².